The van der Waals surface area contributed by atoms with Gasteiger partial charge in [-0.25, -0.2) is 4.79 Å². The number of para-hydroxylation sites is 1. The maximum Gasteiger partial charge on any atom is 0.319 e. The number of carbonyl (C=O) groups is 2. The highest BCUT2D eigenvalue weighted by molar-refractivity contribution is 5.93. The number of rotatable bonds is 5. The van der Waals surface area contributed by atoms with Gasteiger partial charge in [0.2, 0.25) is 5.91 Å². The van der Waals surface area contributed by atoms with Crippen molar-refractivity contribution in [2.45, 2.75) is 39.3 Å². The molecular weight excluding hydrogens is 338 g/mol. The molecule has 3 amide bonds. The van der Waals surface area contributed by atoms with E-state index in [0.717, 1.165) is 6.42 Å². The van der Waals surface area contributed by atoms with Crippen LogP contribution in [-0.4, -0.2) is 29.4 Å². The Hall–Kier alpha value is -2.82. The molecule has 0 bridgehead atoms. The van der Waals surface area contributed by atoms with Crippen molar-refractivity contribution in [2.24, 2.45) is 5.92 Å². The lowest BCUT2D eigenvalue weighted by molar-refractivity contribution is -0.134. The van der Waals surface area contributed by atoms with Crippen LogP contribution in [0, 0.1) is 5.92 Å². The van der Waals surface area contributed by atoms with Crippen molar-refractivity contribution in [3.8, 4) is 0 Å². The van der Waals surface area contributed by atoms with E-state index in [0.29, 0.717) is 31.1 Å². The van der Waals surface area contributed by atoms with E-state index < -0.39 is 6.04 Å². The lowest BCUT2D eigenvalue weighted by Gasteiger charge is -2.32. The molecule has 0 radical (unpaired) electrons. The summed E-state index contributed by atoms with van der Waals surface area (Å²) in [4.78, 5) is 27.4. The number of benzene rings is 2. The zero-order valence-corrected chi connectivity index (χ0v) is 15.9. The number of amides is 3. The smallest absolute Gasteiger partial charge is 0.319 e. The molecule has 0 aromatic heterocycles. The van der Waals surface area contributed by atoms with Gasteiger partial charge in [0.15, 0.2) is 0 Å². The molecule has 2 N–H and O–H groups in total. The number of urea groups is 1. The maximum absolute atomic E-state index is 13.1. The van der Waals surface area contributed by atoms with Crippen LogP contribution < -0.4 is 10.6 Å². The number of fused-ring (bicyclic) bond motifs is 1. The Kier molecular flexibility index (Phi) is 6.12. The minimum Gasteiger partial charge on any atom is -0.336 e. The highest BCUT2D eigenvalue weighted by Crippen LogP contribution is 2.20. The van der Waals surface area contributed by atoms with Gasteiger partial charge >= 0.3 is 6.03 Å². The number of carbonyl (C=O) groups excluding carboxylic acids is 2. The fourth-order valence-corrected chi connectivity index (χ4v) is 3.44. The number of anilines is 1. The van der Waals surface area contributed by atoms with Gasteiger partial charge in [0.05, 0.1) is 0 Å². The van der Waals surface area contributed by atoms with Crippen molar-refractivity contribution in [3.05, 3.63) is 65.7 Å². The van der Waals surface area contributed by atoms with Crippen molar-refractivity contribution in [2.75, 3.05) is 11.9 Å². The van der Waals surface area contributed by atoms with E-state index in [1.807, 2.05) is 47.4 Å². The summed E-state index contributed by atoms with van der Waals surface area (Å²) < 4.78 is 0. The Morgan fingerprint density at radius 2 is 1.67 bits per heavy atom. The number of nitrogens with zero attached hydrogens (tertiary/aromatic N) is 1. The molecule has 2 aromatic carbocycles. The van der Waals surface area contributed by atoms with Gasteiger partial charge in [-0.1, -0.05) is 56.3 Å². The molecule has 0 saturated heterocycles. The van der Waals surface area contributed by atoms with Crippen molar-refractivity contribution in [1.82, 2.24) is 10.2 Å². The average Bonchev–Trinajstić information content (AvgIpc) is 2.67. The SMILES string of the molecule is CC(C)C[C@H](NC(=O)Nc1ccccc1)C(=O)N1CCc2ccccc2C1. The second-order valence-electron chi connectivity index (χ2n) is 7.43. The van der Waals surface area contributed by atoms with Crippen molar-refractivity contribution in [3.63, 3.8) is 0 Å². The Bertz CT molecular complexity index is 789. The van der Waals surface area contributed by atoms with Crippen LogP contribution in [0.3, 0.4) is 0 Å². The lowest BCUT2D eigenvalue weighted by atomic mass is 9.97. The van der Waals surface area contributed by atoms with E-state index >= 15 is 0 Å². The van der Waals surface area contributed by atoms with Crippen molar-refractivity contribution < 1.29 is 9.59 Å². The number of nitrogens with one attached hydrogen (secondary N) is 2. The first-order valence-electron chi connectivity index (χ1n) is 9.51. The van der Waals surface area contributed by atoms with E-state index in [1.165, 1.54) is 11.1 Å². The van der Waals surface area contributed by atoms with Crippen LogP contribution >= 0.6 is 0 Å². The largest absolute Gasteiger partial charge is 0.336 e. The number of hydrogen-bond acceptors (Lipinski definition) is 2. The van der Waals surface area contributed by atoms with Crippen LogP contribution in [0.2, 0.25) is 0 Å². The molecule has 2 aromatic rings. The van der Waals surface area contributed by atoms with E-state index in [4.69, 9.17) is 0 Å². The standard InChI is InChI=1S/C22H27N3O2/c1-16(2)14-20(24-22(27)23-19-10-4-3-5-11-19)21(26)25-13-12-17-8-6-7-9-18(17)15-25/h3-11,16,20H,12-15H2,1-2H3,(H2,23,24,27)/t20-/m0/s1. The Balaban J connectivity index is 1.67. The first-order chi connectivity index (χ1) is 13.0. The van der Waals surface area contributed by atoms with Crippen molar-refractivity contribution >= 4 is 17.6 Å². The highest BCUT2D eigenvalue weighted by Gasteiger charge is 2.29. The van der Waals surface area contributed by atoms with Crippen LogP contribution in [0.15, 0.2) is 54.6 Å². The van der Waals surface area contributed by atoms with E-state index in [9.17, 15) is 9.59 Å². The summed E-state index contributed by atoms with van der Waals surface area (Å²) in [5.41, 5.74) is 3.20. The fourth-order valence-electron chi connectivity index (χ4n) is 3.44. The summed E-state index contributed by atoms with van der Waals surface area (Å²) in [6, 6.07) is 16.6. The minimum absolute atomic E-state index is 0.0126. The van der Waals surface area contributed by atoms with Gasteiger partial charge in [-0.15, -0.1) is 0 Å². The van der Waals surface area contributed by atoms with Crippen LogP contribution in [-0.2, 0) is 17.8 Å². The topological polar surface area (TPSA) is 61.4 Å². The second kappa shape index (κ2) is 8.71. The lowest BCUT2D eigenvalue weighted by Crippen LogP contribution is -2.51. The van der Waals surface area contributed by atoms with E-state index in [-0.39, 0.29) is 11.9 Å². The summed E-state index contributed by atoms with van der Waals surface area (Å²) >= 11 is 0. The Morgan fingerprint density at radius 3 is 2.37 bits per heavy atom. The summed E-state index contributed by atoms with van der Waals surface area (Å²) in [5, 5.41) is 5.67. The molecule has 1 atom stereocenters. The van der Waals surface area contributed by atoms with Crippen molar-refractivity contribution in [1.29, 1.82) is 0 Å². The van der Waals surface area contributed by atoms with Gasteiger partial charge in [-0.2, -0.15) is 0 Å². The van der Waals surface area contributed by atoms with Gasteiger partial charge in [-0.05, 0) is 42.0 Å². The van der Waals surface area contributed by atoms with Gasteiger partial charge < -0.3 is 15.5 Å². The monoisotopic (exact) mass is 365 g/mol. The molecule has 0 aliphatic carbocycles. The molecule has 27 heavy (non-hydrogen) atoms. The second-order valence-corrected chi connectivity index (χ2v) is 7.43. The summed E-state index contributed by atoms with van der Waals surface area (Å²) in [7, 11) is 0. The summed E-state index contributed by atoms with van der Waals surface area (Å²) in [6.07, 6.45) is 1.46. The maximum atomic E-state index is 13.1. The predicted octanol–water partition coefficient (Wildman–Crippen LogP) is 3.81. The zero-order valence-electron chi connectivity index (χ0n) is 15.9. The van der Waals surface area contributed by atoms with E-state index in [1.54, 1.807) is 0 Å². The minimum atomic E-state index is -0.529. The third-order valence-corrected chi connectivity index (χ3v) is 4.78. The first kappa shape index (κ1) is 19.0. The molecule has 142 valence electrons. The summed E-state index contributed by atoms with van der Waals surface area (Å²) in [5.74, 6) is 0.287. The van der Waals surface area contributed by atoms with E-state index in [2.05, 4.69) is 36.6 Å². The fraction of sp³-hybridized carbons (Fsp3) is 0.364. The molecule has 0 saturated carbocycles. The third-order valence-electron chi connectivity index (χ3n) is 4.78. The predicted molar refractivity (Wildman–Crippen MR) is 107 cm³/mol. The normalized spacial score (nSPS) is 14.4. The quantitative estimate of drug-likeness (QED) is 0.846. The molecule has 0 unspecified atom stereocenters. The highest BCUT2D eigenvalue weighted by atomic mass is 16.2. The average molecular weight is 365 g/mol. The molecule has 1 heterocycles. The Morgan fingerprint density at radius 1 is 1.00 bits per heavy atom. The molecular formula is C22H27N3O2. The van der Waals surface area contributed by atoms with Crippen LogP contribution in [0.25, 0.3) is 0 Å². The summed E-state index contributed by atoms with van der Waals surface area (Å²) in [6.45, 7) is 5.41. The molecule has 1 aliphatic heterocycles. The third kappa shape index (κ3) is 5.09. The Labute approximate surface area is 160 Å². The van der Waals surface area contributed by atoms with Crippen LogP contribution in [0.5, 0.6) is 0 Å². The molecule has 1 aliphatic rings. The molecule has 5 heteroatoms. The van der Waals surface area contributed by atoms with Gasteiger partial charge in [-0.3, -0.25) is 4.79 Å². The van der Waals surface area contributed by atoms with Crippen LogP contribution in [0.4, 0.5) is 10.5 Å². The zero-order chi connectivity index (χ0) is 19.2. The molecule has 5 nitrogen and oxygen atoms in total. The van der Waals surface area contributed by atoms with Gasteiger partial charge in [0, 0.05) is 18.8 Å². The van der Waals surface area contributed by atoms with Gasteiger partial charge in [0.25, 0.3) is 0 Å². The van der Waals surface area contributed by atoms with Crippen LogP contribution in [0.1, 0.15) is 31.4 Å². The number of hydrogen-bond donors (Lipinski definition) is 2. The van der Waals surface area contributed by atoms with Gasteiger partial charge in [0.1, 0.15) is 6.04 Å². The molecule has 3 rings (SSSR count). The molecule has 0 fully saturated rings. The first-order valence-corrected chi connectivity index (χ1v) is 9.51. The molecule has 0 spiro atoms.